The van der Waals surface area contributed by atoms with Crippen LogP contribution < -0.4 is 0 Å². The van der Waals surface area contributed by atoms with E-state index in [0.29, 0.717) is 34.4 Å². The lowest BCUT2D eigenvalue weighted by molar-refractivity contribution is -0.145. The smallest absolute Gasteiger partial charge is 0.337 e. The van der Waals surface area contributed by atoms with Gasteiger partial charge in [-0.1, -0.05) is 25.4 Å². The first-order valence-corrected chi connectivity index (χ1v) is 10.9. The van der Waals surface area contributed by atoms with Crippen LogP contribution in [0.3, 0.4) is 0 Å². The van der Waals surface area contributed by atoms with Gasteiger partial charge in [-0.05, 0) is 55.4 Å². The minimum Gasteiger partial charge on any atom is -0.478 e. The number of aromatic carboxylic acids is 1. The predicted octanol–water partition coefficient (Wildman–Crippen LogP) is 5.23. The normalized spacial score (nSPS) is 14.4. The molecule has 0 unspecified atom stereocenters. The summed E-state index contributed by atoms with van der Waals surface area (Å²) in [6, 6.07) is 6.14. The van der Waals surface area contributed by atoms with E-state index in [1.165, 1.54) is 18.2 Å². The molecule has 0 saturated carbocycles. The number of esters is 1. The summed E-state index contributed by atoms with van der Waals surface area (Å²) in [5.74, 6) is -1.74. The number of furan rings is 1. The highest BCUT2D eigenvalue weighted by Gasteiger charge is 2.37. The molecule has 3 rings (SSSR count). The monoisotopic (exact) mass is 479 g/mol. The van der Waals surface area contributed by atoms with E-state index in [1.807, 2.05) is 13.8 Å². The molecule has 0 radical (unpaired) electrons. The number of rotatable bonds is 6. The van der Waals surface area contributed by atoms with Gasteiger partial charge in [0.25, 0.3) is 11.1 Å². The summed E-state index contributed by atoms with van der Waals surface area (Å²) in [5.41, 5.74) is 1.14. The Labute approximate surface area is 194 Å². The number of imide groups is 1. The van der Waals surface area contributed by atoms with Gasteiger partial charge in [0.15, 0.2) is 0 Å². The third kappa shape index (κ3) is 5.60. The van der Waals surface area contributed by atoms with Crippen LogP contribution in [0.4, 0.5) is 4.79 Å². The number of carbonyl (C=O) groups is 4. The van der Waals surface area contributed by atoms with Gasteiger partial charge in [0, 0.05) is 11.6 Å². The number of ether oxygens (including phenoxy) is 1. The van der Waals surface area contributed by atoms with E-state index >= 15 is 0 Å². The summed E-state index contributed by atoms with van der Waals surface area (Å²) in [4.78, 5) is 48.3. The lowest BCUT2D eigenvalue weighted by Gasteiger charge is -2.10. The first kappa shape index (κ1) is 25.2. The Morgan fingerprint density at radius 2 is 1.94 bits per heavy atom. The average Bonchev–Trinajstić information content (AvgIpc) is 3.24. The quantitative estimate of drug-likeness (QED) is 0.442. The Hall–Kier alpha value is -3.04. The number of benzene rings is 1. The van der Waals surface area contributed by atoms with Gasteiger partial charge in [0.05, 0.1) is 22.1 Å². The zero-order valence-corrected chi connectivity index (χ0v) is 19.5. The fraction of sp³-hybridized carbons (Fsp3) is 0.273. The molecule has 1 saturated heterocycles. The van der Waals surface area contributed by atoms with E-state index < -0.39 is 29.6 Å². The molecule has 1 aliphatic heterocycles. The van der Waals surface area contributed by atoms with E-state index in [9.17, 15) is 24.3 Å². The molecular formula is C22H22ClNO7S. The topological polar surface area (TPSA) is 114 Å². The van der Waals surface area contributed by atoms with Crippen LogP contribution in [0.1, 0.15) is 42.5 Å². The van der Waals surface area contributed by atoms with Crippen molar-refractivity contribution in [3.05, 3.63) is 51.1 Å². The summed E-state index contributed by atoms with van der Waals surface area (Å²) in [6.45, 7) is 7.08. The fourth-order valence-corrected chi connectivity index (χ4v) is 3.81. The Kier molecular flexibility index (Phi) is 8.68. The van der Waals surface area contributed by atoms with E-state index in [4.69, 9.17) is 20.8 Å². The van der Waals surface area contributed by atoms with Gasteiger partial charge in [-0.15, -0.1) is 0 Å². The summed E-state index contributed by atoms with van der Waals surface area (Å²) in [6.07, 6.45) is 1.40. The van der Waals surface area contributed by atoms with E-state index in [1.54, 1.807) is 26.0 Å². The van der Waals surface area contributed by atoms with E-state index in [0.717, 1.165) is 4.90 Å². The maximum absolute atomic E-state index is 12.5. The lowest BCUT2D eigenvalue weighted by atomic mass is 10.1. The van der Waals surface area contributed by atoms with Crippen LogP contribution in [0, 0.1) is 6.92 Å². The average molecular weight is 480 g/mol. The maximum atomic E-state index is 12.5. The molecule has 2 amide bonds. The molecule has 1 aromatic heterocycles. The van der Waals surface area contributed by atoms with Crippen LogP contribution in [0.5, 0.6) is 0 Å². The van der Waals surface area contributed by atoms with Crippen molar-refractivity contribution < 1.29 is 33.4 Å². The van der Waals surface area contributed by atoms with Crippen molar-refractivity contribution in [2.75, 3.05) is 13.2 Å². The molecule has 1 fully saturated rings. The highest BCUT2D eigenvalue weighted by Crippen LogP contribution is 2.35. The second-order valence-electron chi connectivity index (χ2n) is 6.23. The van der Waals surface area contributed by atoms with Gasteiger partial charge in [-0.2, -0.15) is 0 Å². The molecular weight excluding hydrogens is 458 g/mol. The number of amides is 2. The fourth-order valence-electron chi connectivity index (χ4n) is 2.80. The van der Waals surface area contributed by atoms with Gasteiger partial charge < -0.3 is 14.3 Å². The first-order chi connectivity index (χ1) is 15.2. The minimum atomic E-state index is -1.17. The molecule has 1 aliphatic rings. The Balaban J connectivity index is 0.00000176. The van der Waals surface area contributed by atoms with Crippen molar-refractivity contribution >= 4 is 52.5 Å². The van der Waals surface area contributed by atoms with E-state index in [-0.39, 0.29) is 22.1 Å². The summed E-state index contributed by atoms with van der Waals surface area (Å²) in [7, 11) is 0. The summed E-state index contributed by atoms with van der Waals surface area (Å²) >= 11 is 6.60. The summed E-state index contributed by atoms with van der Waals surface area (Å²) < 4.78 is 10.5. The third-order valence-corrected chi connectivity index (χ3v) is 5.37. The van der Waals surface area contributed by atoms with Crippen LogP contribution in [-0.2, 0) is 14.3 Å². The number of hydrogen-bond acceptors (Lipinski definition) is 7. The van der Waals surface area contributed by atoms with Crippen molar-refractivity contribution in [1.29, 1.82) is 0 Å². The second kappa shape index (κ2) is 11.0. The van der Waals surface area contributed by atoms with Crippen LogP contribution in [0.15, 0.2) is 33.6 Å². The highest BCUT2D eigenvalue weighted by atomic mass is 35.5. The molecule has 32 heavy (non-hydrogen) atoms. The molecule has 0 spiro atoms. The number of thioether (sulfide) groups is 1. The Morgan fingerprint density at radius 3 is 2.56 bits per heavy atom. The van der Waals surface area contributed by atoms with Crippen molar-refractivity contribution in [1.82, 2.24) is 4.90 Å². The Morgan fingerprint density at radius 1 is 1.25 bits per heavy atom. The largest absolute Gasteiger partial charge is 0.478 e. The van der Waals surface area contributed by atoms with Crippen molar-refractivity contribution in [3.63, 3.8) is 0 Å². The second-order valence-corrected chi connectivity index (χ2v) is 7.63. The molecule has 0 atom stereocenters. The number of aryl methyl sites for hydroxylation is 1. The molecule has 170 valence electrons. The Bertz CT molecular complexity index is 1090. The standard InChI is InChI=1S/C20H16ClNO7S.C2H6/c1-3-28-16(23)9-22-18(24)15(30-20(22)27)8-12-6-10(2)17(29-12)11-4-5-14(21)13(7-11)19(25)26;1-2/h4-8H,3,9H2,1-2H3,(H,25,26);1-2H3/b15-8-;. The molecule has 1 N–H and O–H groups in total. The molecule has 2 aromatic rings. The van der Waals surface area contributed by atoms with Crippen LogP contribution in [0.25, 0.3) is 17.4 Å². The zero-order chi connectivity index (χ0) is 24.0. The van der Waals surface area contributed by atoms with Crippen molar-refractivity contribution in [2.45, 2.75) is 27.7 Å². The maximum Gasteiger partial charge on any atom is 0.337 e. The SMILES string of the molecule is CC.CCOC(=O)CN1C(=O)S/C(=C\c2cc(C)c(-c3ccc(Cl)c(C(=O)O)c3)o2)C1=O. The van der Waals surface area contributed by atoms with Crippen LogP contribution in [0.2, 0.25) is 5.02 Å². The molecule has 10 heteroatoms. The number of hydrogen-bond donors (Lipinski definition) is 1. The predicted molar refractivity (Wildman–Crippen MR) is 122 cm³/mol. The van der Waals surface area contributed by atoms with E-state index in [2.05, 4.69) is 0 Å². The minimum absolute atomic E-state index is 0.0633. The summed E-state index contributed by atoms with van der Waals surface area (Å²) in [5, 5.41) is 8.77. The molecule has 8 nitrogen and oxygen atoms in total. The van der Waals surface area contributed by atoms with Crippen LogP contribution in [-0.4, -0.2) is 46.2 Å². The van der Waals surface area contributed by atoms with Gasteiger partial charge >= 0.3 is 11.9 Å². The lowest BCUT2D eigenvalue weighted by Crippen LogP contribution is -2.34. The van der Waals surface area contributed by atoms with Gasteiger partial charge in [-0.25, -0.2) is 4.79 Å². The molecule has 0 aliphatic carbocycles. The van der Waals surface area contributed by atoms with Gasteiger partial charge in [-0.3, -0.25) is 19.3 Å². The number of halogens is 1. The molecule has 1 aromatic carbocycles. The number of carboxylic acid groups (broad SMARTS) is 1. The molecule has 2 heterocycles. The van der Waals surface area contributed by atoms with Gasteiger partial charge in [0.2, 0.25) is 0 Å². The number of nitrogens with zero attached hydrogens (tertiary/aromatic N) is 1. The highest BCUT2D eigenvalue weighted by molar-refractivity contribution is 8.18. The zero-order valence-electron chi connectivity index (χ0n) is 17.9. The van der Waals surface area contributed by atoms with Crippen molar-refractivity contribution in [3.8, 4) is 11.3 Å². The number of carboxylic acids is 1. The third-order valence-electron chi connectivity index (χ3n) is 4.14. The van der Waals surface area contributed by atoms with Crippen molar-refractivity contribution in [2.24, 2.45) is 0 Å². The number of carbonyl (C=O) groups excluding carboxylic acids is 3. The molecule has 0 bridgehead atoms. The van der Waals surface area contributed by atoms with Crippen LogP contribution >= 0.6 is 23.4 Å². The van der Waals surface area contributed by atoms with Gasteiger partial charge in [0.1, 0.15) is 18.1 Å². The first-order valence-electron chi connectivity index (χ1n) is 9.76.